The summed E-state index contributed by atoms with van der Waals surface area (Å²) in [6.45, 7) is 3.51. The second-order valence-electron chi connectivity index (χ2n) is 7.49. The molecule has 6 nitrogen and oxygen atoms in total. The van der Waals surface area contributed by atoms with Gasteiger partial charge in [-0.25, -0.2) is 4.98 Å². The minimum atomic E-state index is 0.191. The minimum Gasteiger partial charge on any atom is -0.497 e. The Hall–Kier alpha value is -2.34. The van der Waals surface area contributed by atoms with Gasteiger partial charge in [0, 0.05) is 44.5 Å². The van der Waals surface area contributed by atoms with E-state index in [1.54, 1.807) is 7.11 Å². The van der Waals surface area contributed by atoms with Crippen molar-refractivity contribution in [2.24, 2.45) is 0 Å². The zero-order valence-electron chi connectivity index (χ0n) is 16.6. The molecule has 1 fully saturated rings. The number of ether oxygens (including phenoxy) is 1. The fourth-order valence-electron chi connectivity index (χ4n) is 3.62. The summed E-state index contributed by atoms with van der Waals surface area (Å²) in [5.74, 6) is 2.43. The molecule has 0 bridgehead atoms. The van der Waals surface area contributed by atoms with Crippen LogP contribution in [0.3, 0.4) is 0 Å². The minimum absolute atomic E-state index is 0.191. The molecule has 0 saturated carbocycles. The summed E-state index contributed by atoms with van der Waals surface area (Å²) in [6, 6.07) is 7.74. The van der Waals surface area contributed by atoms with Gasteiger partial charge in [0.1, 0.15) is 11.6 Å². The molecule has 0 N–H and O–H groups in total. The fraction of sp³-hybridized carbons (Fsp3) is 0.524. The number of nitrogens with zero attached hydrogens (tertiary/aromatic N) is 4. The summed E-state index contributed by atoms with van der Waals surface area (Å²) >= 11 is 0. The number of amides is 1. The van der Waals surface area contributed by atoms with E-state index >= 15 is 0 Å². The van der Waals surface area contributed by atoms with Gasteiger partial charge >= 0.3 is 0 Å². The van der Waals surface area contributed by atoms with Gasteiger partial charge in [0.25, 0.3) is 0 Å². The lowest BCUT2D eigenvalue weighted by molar-refractivity contribution is -0.131. The molecular formula is C21H30N4O2. The van der Waals surface area contributed by atoms with Crippen LogP contribution in [0.15, 0.2) is 36.7 Å². The fourth-order valence-corrected chi connectivity index (χ4v) is 3.62. The summed E-state index contributed by atoms with van der Waals surface area (Å²) in [7, 11) is 5.81. The van der Waals surface area contributed by atoms with Crippen molar-refractivity contribution < 1.29 is 9.53 Å². The van der Waals surface area contributed by atoms with Gasteiger partial charge in [0.2, 0.25) is 5.91 Å². The average molecular weight is 370 g/mol. The summed E-state index contributed by atoms with van der Waals surface area (Å²) in [4.78, 5) is 21.6. The van der Waals surface area contributed by atoms with Crippen molar-refractivity contribution in [3.8, 4) is 5.75 Å². The monoisotopic (exact) mass is 370 g/mol. The van der Waals surface area contributed by atoms with E-state index in [9.17, 15) is 4.79 Å². The topological polar surface area (TPSA) is 50.6 Å². The van der Waals surface area contributed by atoms with Gasteiger partial charge < -0.3 is 19.1 Å². The number of benzene rings is 1. The van der Waals surface area contributed by atoms with E-state index in [1.807, 2.05) is 35.4 Å². The SMILES string of the molecule is COc1ccc(CC(=O)N2CCCC(c3nccn3CCN(C)C)C2)cc1. The Labute approximate surface area is 161 Å². The summed E-state index contributed by atoms with van der Waals surface area (Å²) in [5, 5.41) is 0. The molecular weight excluding hydrogens is 340 g/mol. The maximum atomic E-state index is 12.8. The molecule has 2 aromatic rings. The van der Waals surface area contributed by atoms with Crippen molar-refractivity contribution in [2.45, 2.75) is 31.7 Å². The normalized spacial score (nSPS) is 17.3. The lowest BCUT2D eigenvalue weighted by Crippen LogP contribution is -2.40. The second kappa shape index (κ2) is 9.04. The van der Waals surface area contributed by atoms with Gasteiger partial charge in [0.05, 0.1) is 13.5 Å². The van der Waals surface area contributed by atoms with Crippen LogP contribution in [0.1, 0.15) is 30.1 Å². The molecule has 0 radical (unpaired) electrons. The number of rotatable bonds is 7. The molecule has 1 unspecified atom stereocenters. The Morgan fingerprint density at radius 3 is 2.78 bits per heavy atom. The number of piperidine rings is 1. The molecule has 0 aliphatic carbocycles. The van der Waals surface area contributed by atoms with Crippen molar-refractivity contribution >= 4 is 5.91 Å². The highest BCUT2D eigenvalue weighted by molar-refractivity contribution is 5.79. The lowest BCUT2D eigenvalue weighted by atomic mass is 9.96. The highest BCUT2D eigenvalue weighted by Gasteiger charge is 2.27. The molecule has 1 amide bonds. The smallest absolute Gasteiger partial charge is 0.227 e. The number of likely N-dealkylation sites (tertiary alicyclic amines) is 1. The van der Waals surface area contributed by atoms with Crippen molar-refractivity contribution in [3.05, 3.63) is 48.0 Å². The summed E-state index contributed by atoms with van der Waals surface area (Å²) < 4.78 is 7.42. The Morgan fingerprint density at radius 2 is 2.07 bits per heavy atom. The number of likely N-dealkylation sites (N-methyl/N-ethyl adjacent to an activating group) is 1. The number of aromatic nitrogens is 2. The number of hydrogen-bond donors (Lipinski definition) is 0. The molecule has 27 heavy (non-hydrogen) atoms. The molecule has 0 spiro atoms. The molecule has 1 aliphatic heterocycles. The average Bonchev–Trinajstić information content (AvgIpc) is 3.15. The quantitative estimate of drug-likeness (QED) is 0.751. The standard InChI is InChI=1S/C21H30N4O2/c1-23(2)13-14-24-12-10-22-21(24)18-5-4-11-25(16-18)20(26)15-17-6-8-19(27-3)9-7-17/h6-10,12,18H,4-5,11,13-16H2,1-3H3. The summed E-state index contributed by atoms with van der Waals surface area (Å²) in [5.41, 5.74) is 1.02. The zero-order chi connectivity index (χ0) is 19.2. The number of hydrogen-bond acceptors (Lipinski definition) is 4. The molecule has 1 aliphatic rings. The van der Waals surface area contributed by atoms with Crippen LogP contribution in [-0.4, -0.2) is 66.1 Å². The molecule has 1 saturated heterocycles. The van der Waals surface area contributed by atoms with E-state index in [0.717, 1.165) is 56.2 Å². The van der Waals surface area contributed by atoms with E-state index in [-0.39, 0.29) is 5.91 Å². The van der Waals surface area contributed by atoms with E-state index in [4.69, 9.17) is 4.74 Å². The van der Waals surface area contributed by atoms with Crippen LogP contribution in [0, 0.1) is 0 Å². The second-order valence-corrected chi connectivity index (χ2v) is 7.49. The third-order valence-corrected chi connectivity index (χ3v) is 5.19. The number of carbonyl (C=O) groups excluding carboxylic acids is 1. The van der Waals surface area contributed by atoms with Crippen molar-refractivity contribution in [2.75, 3.05) is 40.8 Å². The van der Waals surface area contributed by atoms with Gasteiger partial charge in [-0.3, -0.25) is 4.79 Å². The Morgan fingerprint density at radius 1 is 1.30 bits per heavy atom. The predicted octanol–water partition coefficient (Wildman–Crippen LogP) is 2.40. The maximum absolute atomic E-state index is 12.8. The van der Waals surface area contributed by atoms with E-state index < -0.39 is 0 Å². The third-order valence-electron chi connectivity index (χ3n) is 5.19. The van der Waals surface area contributed by atoms with E-state index in [0.29, 0.717) is 12.3 Å². The van der Waals surface area contributed by atoms with E-state index in [2.05, 4.69) is 34.7 Å². The molecule has 3 rings (SSSR count). The molecule has 1 aromatic carbocycles. The van der Waals surface area contributed by atoms with Crippen molar-refractivity contribution in [1.82, 2.24) is 19.4 Å². The Kier molecular flexibility index (Phi) is 6.50. The first kappa shape index (κ1) is 19.4. The van der Waals surface area contributed by atoms with E-state index in [1.165, 1.54) is 0 Å². The number of methoxy groups -OCH3 is 1. The zero-order valence-corrected chi connectivity index (χ0v) is 16.6. The largest absolute Gasteiger partial charge is 0.497 e. The molecule has 1 atom stereocenters. The lowest BCUT2D eigenvalue weighted by Gasteiger charge is -2.33. The van der Waals surface area contributed by atoms with Gasteiger partial charge in [-0.15, -0.1) is 0 Å². The van der Waals surface area contributed by atoms with Crippen LogP contribution in [0.4, 0.5) is 0 Å². The maximum Gasteiger partial charge on any atom is 0.227 e. The Bertz CT molecular complexity index is 739. The van der Waals surface area contributed by atoms with Crippen LogP contribution in [0.5, 0.6) is 5.75 Å². The van der Waals surface area contributed by atoms with Crippen LogP contribution < -0.4 is 4.74 Å². The van der Waals surface area contributed by atoms with Crippen LogP contribution in [0.2, 0.25) is 0 Å². The first-order valence-electron chi connectivity index (χ1n) is 9.63. The summed E-state index contributed by atoms with van der Waals surface area (Å²) in [6.07, 6.45) is 6.48. The van der Waals surface area contributed by atoms with Gasteiger partial charge in [0.15, 0.2) is 0 Å². The highest BCUT2D eigenvalue weighted by Crippen LogP contribution is 2.26. The molecule has 6 heteroatoms. The Balaban J connectivity index is 1.62. The third kappa shape index (κ3) is 5.10. The van der Waals surface area contributed by atoms with Gasteiger partial charge in [-0.2, -0.15) is 0 Å². The first-order chi connectivity index (χ1) is 13.1. The predicted molar refractivity (Wildman–Crippen MR) is 106 cm³/mol. The van der Waals surface area contributed by atoms with Gasteiger partial charge in [-0.05, 0) is 44.6 Å². The van der Waals surface area contributed by atoms with Crippen LogP contribution >= 0.6 is 0 Å². The highest BCUT2D eigenvalue weighted by atomic mass is 16.5. The van der Waals surface area contributed by atoms with Crippen LogP contribution in [-0.2, 0) is 17.8 Å². The number of carbonyl (C=O) groups is 1. The number of imidazole rings is 1. The van der Waals surface area contributed by atoms with Crippen LogP contribution in [0.25, 0.3) is 0 Å². The molecule has 2 heterocycles. The van der Waals surface area contributed by atoms with Crippen molar-refractivity contribution in [1.29, 1.82) is 0 Å². The van der Waals surface area contributed by atoms with Gasteiger partial charge in [-0.1, -0.05) is 12.1 Å². The molecule has 1 aromatic heterocycles. The molecule has 146 valence electrons. The van der Waals surface area contributed by atoms with Crippen molar-refractivity contribution in [3.63, 3.8) is 0 Å². The first-order valence-corrected chi connectivity index (χ1v) is 9.63.